The summed E-state index contributed by atoms with van der Waals surface area (Å²) in [6, 6.07) is 27.0. The average molecular weight is 757 g/mol. The number of anilines is 2. The molecule has 0 saturated heterocycles. The van der Waals surface area contributed by atoms with Crippen molar-refractivity contribution in [3.8, 4) is 22.6 Å². The van der Waals surface area contributed by atoms with E-state index in [1.807, 2.05) is 30.3 Å². The van der Waals surface area contributed by atoms with E-state index in [4.69, 9.17) is 20.9 Å². The first-order valence-corrected chi connectivity index (χ1v) is 16.7. The van der Waals surface area contributed by atoms with Gasteiger partial charge >= 0.3 is 59.1 Å². The summed E-state index contributed by atoms with van der Waals surface area (Å²) in [7, 11) is -1.85. The average Bonchev–Trinajstić information content (AvgIpc) is 3.13. The fraction of sp³-hybridized carbons (Fsp3) is 0.0588. The van der Waals surface area contributed by atoms with Crippen molar-refractivity contribution in [2.45, 2.75) is 9.79 Å². The van der Waals surface area contributed by atoms with Crippen LogP contribution in [0.2, 0.25) is 0 Å². The van der Waals surface area contributed by atoms with Crippen molar-refractivity contribution in [2.24, 2.45) is 20.5 Å². The predicted octanol–water partition coefficient (Wildman–Crippen LogP) is 1.82. The van der Waals surface area contributed by atoms with Crippen LogP contribution in [0, 0.1) is 0 Å². The van der Waals surface area contributed by atoms with E-state index in [2.05, 4.69) is 29.8 Å². The topological polar surface area (TPSA) is 219 Å². The molecular formula is C34H26N6Na2O8S2. The fourth-order valence-corrected chi connectivity index (χ4v) is 6.52. The van der Waals surface area contributed by atoms with Gasteiger partial charge in [-0.25, -0.2) is 8.42 Å². The van der Waals surface area contributed by atoms with E-state index < -0.39 is 15.0 Å². The van der Waals surface area contributed by atoms with Gasteiger partial charge in [-0.2, -0.15) is 4.33 Å². The second kappa shape index (κ2) is 17.9. The molecule has 0 saturated carbocycles. The van der Waals surface area contributed by atoms with Crippen molar-refractivity contribution in [1.29, 1.82) is 0 Å². The number of nitrogens with two attached hydrogens (primary N) is 2. The van der Waals surface area contributed by atoms with Gasteiger partial charge in [-0.05, 0) is 52.9 Å². The van der Waals surface area contributed by atoms with Crippen LogP contribution in [0.15, 0.2) is 127 Å². The third-order valence-electron chi connectivity index (χ3n) is 7.70. The summed E-state index contributed by atoms with van der Waals surface area (Å²) in [5.74, 6) is 0.777. The van der Waals surface area contributed by atoms with Crippen molar-refractivity contribution in [3.63, 3.8) is 0 Å². The van der Waals surface area contributed by atoms with Crippen LogP contribution in [0.3, 0.4) is 0 Å². The Bertz CT molecular complexity index is 2430. The molecule has 0 aliphatic heterocycles. The number of azo groups is 2. The molecule has 0 spiro atoms. The third-order valence-corrected chi connectivity index (χ3v) is 9.21. The standard InChI is InChI=1S/C34H28N6O8S2.2Na/c1-45-29-15-19(11-13-25(29)37-39-27-17-31(49-48-47-41)21-7-3-5-9-23(21)33(27)35)20-12-14-26(30(16-20)46-2)38-40-28-18-32(50(42,43)44)22-8-4-6-10-24(22)34(28)36;;/h3-18,41H,35-36H2,1-2H3,(H,42,43,44);;/q;2*+1/p-2. The molecule has 0 aromatic heterocycles. The maximum absolute atomic E-state index is 12.0. The Hall–Kier alpha value is -3.62. The minimum absolute atomic E-state index is 0. The summed E-state index contributed by atoms with van der Waals surface area (Å²) in [5, 5.41) is 33.1. The number of benzene rings is 6. The number of hydrogen-bond donors (Lipinski definition) is 2. The zero-order valence-electron chi connectivity index (χ0n) is 28.3. The van der Waals surface area contributed by atoms with E-state index in [0.717, 1.165) is 34.6 Å². The van der Waals surface area contributed by atoms with Crippen LogP contribution in [-0.4, -0.2) is 27.2 Å². The van der Waals surface area contributed by atoms with Crippen molar-refractivity contribution in [2.75, 3.05) is 25.7 Å². The molecule has 0 aliphatic carbocycles. The molecule has 0 amide bonds. The zero-order chi connectivity index (χ0) is 35.4. The summed E-state index contributed by atoms with van der Waals surface area (Å²) in [6.45, 7) is 0. The number of nitrogens with zero attached hydrogens (tertiary/aromatic N) is 4. The molecular weight excluding hydrogens is 731 g/mol. The molecule has 0 fully saturated rings. The minimum atomic E-state index is -4.82. The Morgan fingerprint density at radius 1 is 0.615 bits per heavy atom. The molecule has 0 radical (unpaired) electrons. The second-order valence-corrected chi connectivity index (χ2v) is 12.6. The van der Waals surface area contributed by atoms with Crippen LogP contribution in [0.4, 0.5) is 34.1 Å². The van der Waals surface area contributed by atoms with E-state index in [9.17, 15) is 18.2 Å². The molecule has 18 heteroatoms. The number of nitrogen functional groups attached to an aromatic ring is 2. The maximum atomic E-state index is 12.0. The summed E-state index contributed by atoms with van der Waals surface area (Å²) >= 11 is 0.731. The van der Waals surface area contributed by atoms with Gasteiger partial charge in [0.2, 0.25) is 0 Å². The van der Waals surface area contributed by atoms with Gasteiger partial charge in [0.15, 0.2) is 0 Å². The smallest absolute Gasteiger partial charge is 0.744 e. The monoisotopic (exact) mass is 756 g/mol. The van der Waals surface area contributed by atoms with Crippen LogP contribution in [-0.2, 0) is 19.5 Å². The quantitative estimate of drug-likeness (QED) is 0.0370. The molecule has 6 rings (SSSR count). The van der Waals surface area contributed by atoms with Crippen LogP contribution >= 0.6 is 12.0 Å². The fourth-order valence-electron chi connectivity index (χ4n) is 5.29. The molecule has 6 aromatic carbocycles. The van der Waals surface area contributed by atoms with Gasteiger partial charge in [-0.15, -0.1) is 20.5 Å². The Morgan fingerprint density at radius 3 is 1.54 bits per heavy atom. The number of fused-ring (bicyclic) bond motifs is 2. The number of hydrogen-bond acceptors (Lipinski definition) is 15. The molecule has 0 heterocycles. The first-order chi connectivity index (χ1) is 24.1. The first-order valence-electron chi connectivity index (χ1n) is 14.5. The van der Waals surface area contributed by atoms with Crippen LogP contribution in [0.5, 0.6) is 11.5 Å². The molecule has 0 unspecified atom stereocenters. The normalized spacial score (nSPS) is 11.5. The summed E-state index contributed by atoms with van der Waals surface area (Å²) in [4.78, 5) is 0.111. The van der Waals surface area contributed by atoms with Crippen molar-refractivity contribution < 1.29 is 96.2 Å². The molecule has 14 nitrogen and oxygen atoms in total. The largest absolute Gasteiger partial charge is 1.00 e. The SMILES string of the molecule is COc1cc(-c2ccc(N=Nc3cc(S(=O)(=O)[O-])c4ccccc4c3N)c(OC)c2)ccc1N=Nc1cc(SOO[O-])c2ccccc2c1N.[Na+].[Na+]. The minimum Gasteiger partial charge on any atom is -0.744 e. The molecule has 0 bridgehead atoms. The summed E-state index contributed by atoms with van der Waals surface area (Å²) < 4.78 is 51.7. The Morgan fingerprint density at radius 2 is 1.06 bits per heavy atom. The Labute approximate surface area is 346 Å². The van der Waals surface area contributed by atoms with Gasteiger partial charge in [0.25, 0.3) is 0 Å². The zero-order valence-corrected chi connectivity index (χ0v) is 33.9. The predicted molar refractivity (Wildman–Crippen MR) is 186 cm³/mol. The number of methoxy groups -OCH3 is 2. The van der Waals surface area contributed by atoms with E-state index in [0.29, 0.717) is 49.9 Å². The van der Waals surface area contributed by atoms with Crippen molar-refractivity contribution in [3.05, 3.63) is 97.1 Å². The van der Waals surface area contributed by atoms with Crippen LogP contribution in [0.25, 0.3) is 32.7 Å². The third kappa shape index (κ3) is 8.77. The van der Waals surface area contributed by atoms with Gasteiger partial charge in [-0.3, -0.25) is 5.04 Å². The van der Waals surface area contributed by atoms with E-state index in [1.165, 1.54) is 20.3 Å². The van der Waals surface area contributed by atoms with Gasteiger partial charge in [0.05, 0.1) is 42.5 Å². The molecule has 52 heavy (non-hydrogen) atoms. The van der Waals surface area contributed by atoms with E-state index >= 15 is 0 Å². The van der Waals surface area contributed by atoms with E-state index in [1.54, 1.807) is 54.6 Å². The van der Waals surface area contributed by atoms with Crippen molar-refractivity contribution >= 4 is 77.8 Å². The molecule has 6 aromatic rings. The summed E-state index contributed by atoms with van der Waals surface area (Å²) in [6.07, 6.45) is 0. The van der Waals surface area contributed by atoms with E-state index in [-0.39, 0.29) is 75.9 Å². The van der Waals surface area contributed by atoms with Crippen LogP contribution in [0.1, 0.15) is 0 Å². The van der Waals surface area contributed by atoms with Gasteiger partial charge in [0.1, 0.15) is 44.4 Å². The molecule has 4 N–H and O–H groups in total. The van der Waals surface area contributed by atoms with Gasteiger partial charge in [-0.1, -0.05) is 60.7 Å². The molecule has 0 aliphatic rings. The first kappa shape index (κ1) is 41.1. The molecule has 254 valence electrons. The number of rotatable bonds is 11. The maximum Gasteiger partial charge on any atom is 1.00 e. The van der Waals surface area contributed by atoms with Crippen molar-refractivity contribution in [1.82, 2.24) is 0 Å². The van der Waals surface area contributed by atoms with Gasteiger partial charge in [0, 0.05) is 21.1 Å². The Balaban J connectivity index is 0.00000302. The Kier molecular flexibility index (Phi) is 14.2. The number of ether oxygens (including phenoxy) is 2. The second-order valence-electron chi connectivity index (χ2n) is 10.6. The summed E-state index contributed by atoms with van der Waals surface area (Å²) in [5.41, 5.74) is 15.8. The van der Waals surface area contributed by atoms with Gasteiger partial charge < -0.3 is 30.8 Å². The molecule has 0 atom stereocenters. The van der Waals surface area contributed by atoms with Crippen LogP contribution < -0.4 is 85.3 Å².